The lowest BCUT2D eigenvalue weighted by Gasteiger charge is -2.26. The topological polar surface area (TPSA) is 103 Å². The molecular formula is C23H14N6O. The fraction of sp³-hybridized carbons (Fsp3) is 0.0435. The Labute approximate surface area is 170 Å². The molecule has 0 spiro atoms. The summed E-state index contributed by atoms with van der Waals surface area (Å²) in [5, 5.41) is 31.1. The van der Waals surface area contributed by atoms with Crippen molar-refractivity contribution in [3.05, 3.63) is 89.1 Å². The summed E-state index contributed by atoms with van der Waals surface area (Å²) in [6.07, 6.45) is 1.74. The molecule has 0 saturated carbocycles. The third-order valence-electron chi connectivity index (χ3n) is 5.57. The molecule has 7 nitrogen and oxygen atoms in total. The maximum Gasteiger partial charge on any atom is 0.139 e. The Morgan fingerprint density at radius 2 is 1.83 bits per heavy atom. The number of hydrogen-bond acceptors (Lipinski definition) is 6. The van der Waals surface area contributed by atoms with Gasteiger partial charge < -0.3 is 5.32 Å². The number of rotatable bonds is 2. The number of aromatic nitrogens is 4. The van der Waals surface area contributed by atoms with Crippen molar-refractivity contribution < 1.29 is 4.63 Å². The minimum atomic E-state index is -0.345. The third-order valence-corrected chi connectivity index (χ3v) is 5.57. The van der Waals surface area contributed by atoms with Gasteiger partial charge in [-0.3, -0.25) is 5.10 Å². The quantitative estimate of drug-likeness (QED) is 0.457. The van der Waals surface area contributed by atoms with Gasteiger partial charge in [0.2, 0.25) is 0 Å². The van der Waals surface area contributed by atoms with Crippen LogP contribution in [0.1, 0.15) is 22.6 Å². The number of hydrogen-bond donors (Lipinski definition) is 2. The maximum absolute atomic E-state index is 10.2. The van der Waals surface area contributed by atoms with Crippen molar-refractivity contribution in [2.24, 2.45) is 0 Å². The lowest BCUT2D eigenvalue weighted by atomic mass is 9.81. The fourth-order valence-corrected chi connectivity index (χ4v) is 4.18. The third kappa shape index (κ3) is 2.34. The number of H-pyrrole nitrogens is 1. The number of anilines is 1. The van der Waals surface area contributed by atoms with Crippen LogP contribution in [0.25, 0.3) is 27.5 Å². The van der Waals surface area contributed by atoms with Crippen molar-refractivity contribution in [2.75, 3.05) is 5.32 Å². The molecule has 1 aliphatic heterocycles. The average Bonchev–Trinajstić information content (AvgIpc) is 3.46. The molecule has 3 aromatic carbocycles. The van der Waals surface area contributed by atoms with Gasteiger partial charge >= 0.3 is 0 Å². The first-order valence-electron chi connectivity index (χ1n) is 9.48. The van der Waals surface area contributed by atoms with E-state index in [2.05, 4.69) is 56.2 Å². The van der Waals surface area contributed by atoms with E-state index in [0.717, 1.165) is 39.0 Å². The first kappa shape index (κ1) is 16.5. The number of nitrogens with zero attached hydrogens (tertiary/aromatic N) is 4. The molecular weight excluding hydrogens is 376 g/mol. The fourth-order valence-electron chi connectivity index (χ4n) is 4.18. The van der Waals surface area contributed by atoms with Crippen LogP contribution >= 0.6 is 0 Å². The Bertz CT molecular complexity index is 1500. The molecule has 2 aromatic heterocycles. The van der Waals surface area contributed by atoms with Gasteiger partial charge in [-0.1, -0.05) is 48.5 Å². The van der Waals surface area contributed by atoms with Crippen LogP contribution in [0.4, 0.5) is 5.82 Å². The monoisotopic (exact) mass is 390 g/mol. The lowest BCUT2D eigenvalue weighted by molar-refractivity contribution is 0.315. The summed E-state index contributed by atoms with van der Waals surface area (Å²) in [4.78, 5) is 0. The minimum Gasteiger partial charge on any atom is -0.339 e. The maximum atomic E-state index is 10.2. The molecule has 1 aliphatic rings. The Balaban J connectivity index is 1.62. The highest BCUT2D eigenvalue weighted by Crippen LogP contribution is 2.44. The number of benzene rings is 3. The van der Waals surface area contributed by atoms with E-state index in [1.807, 2.05) is 36.4 Å². The summed E-state index contributed by atoms with van der Waals surface area (Å²) in [5.74, 6) is 0.415. The zero-order valence-corrected chi connectivity index (χ0v) is 15.6. The lowest BCUT2D eigenvalue weighted by Crippen LogP contribution is -2.17. The van der Waals surface area contributed by atoms with Crippen LogP contribution in [-0.2, 0) is 0 Å². The van der Waals surface area contributed by atoms with E-state index in [-0.39, 0.29) is 5.92 Å². The summed E-state index contributed by atoms with van der Waals surface area (Å²) in [7, 11) is 0. The normalized spacial score (nSPS) is 15.8. The predicted molar refractivity (Wildman–Crippen MR) is 112 cm³/mol. The number of nitrogens with one attached hydrogen (secondary N) is 2. The molecule has 3 heterocycles. The summed E-state index contributed by atoms with van der Waals surface area (Å²) in [5.41, 5.74) is 5.30. The molecule has 6 rings (SSSR count). The van der Waals surface area contributed by atoms with Crippen LogP contribution in [0.3, 0.4) is 0 Å². The zero-order valence-electron chi connectivity index (χ0n) is 15.6. The van der Waals surface area contributed by atoms with Crippen molar-refractivity contribution in [1.29, 1.82) is 5.26 Å². The van der Waals surface area contributed by atoms with Crippen LogP contribution in [0.5, 0.6) is 0 Å². The summed E-state index contributed by atoms with van der Waals surface area (Å²) < 4.78 is 4.96. The molecule has 0 bridgehead atoms. The summed E-state index contributed by atoms with van der Waals surface area (Å²) >= 11 is 0. The molecule has 1 unspecified atom stereocenters. The van der Waals surface area contributed by atoms with E-state index in [9.17, 15) is 5.26 Å². The molecule has 2 N–H and O–H groups in total. The van der Waals surface area contributed by atoms with E-state index in [1.54, 1.807) is 6.20 Å². The van der Waals surface area contributed by atoms with Gasteiger partial charge in [0.25, 0.3) is 0 Å². The summed E-state index contributed by atoms with van der Waals surface area (Å²) in [6.45, 7) is 0. The Kier molecular flexibility index (Phi) is 3.46. The molecule has 0 aliphatic carbocycles. The van der Waals surface area contributed by atoms with Crippen LogP contribution in [0.2, 0.25) is 0 Å². The highest BCUT2D eigenvalue weighted by molar-refractivity contribution is 5.93. The van der Waals surface area contributed by atoms with Gasteiger partial charge in [0.05, 0.1) is 29.5 Å². The largest absolute Gasteiger partial charge is 0.339 e. The highest BCUT2D eigenvalue weighted by atomic mass is 16.6. The average molecular weight is 390 g/mol. The molecule has 0 radical (unpaired) electrons. The SMILES string of the molecule is N#CC1=C(c2ccc3ccccc3c2)Nc2[nH]ncc2C1c1cccc2nonc12. The van der Waals surface area contributed by atoms with E-state index in [1.165, 1.54) is 0 Å². The molecule has 0 fully saturated rings. The Hall–Kier alpha value is -4.44. The number of aromatic amines is 1. The molecule has 0 saturated heterocycles. The van der Waals surface area contributed by atoms with Gasteiger partial charge in [-0.25, -0.2) is 4.63 Å². The van der Waals surface area contributed by atoms with Crippen LogP contribution in [-0.4, -0.2) is 20.5 Å². The second-order valence-electron chi connectivity index (χ2n) is 7.20. The molecule has 7 heteroatoms. The van der Waals surface area contributed by atoms with Gasteiger partial charge in [-0.05, 0) is 44.3 Å². The van der Waals surface area contributed by atoms with Crippen LogP contribution < -0.4 is 5.32 Å². The van der Waals surface area contributed by atoms with Crippen molar-refractivity contribution in [3.63, 3.8) is 0 Å². The number of nitriles is 1. The second kappa shape index (κ2) is 6.29. The van der Waals surface area contributed by atoms with Gasteiger partial charge in [0, 0.05) is 5.56 Å². The Morgan fingerprint density at radius 3 is 2.73 bits per heavy atom. The predicted octanol–water partition coefficient (Wildman–Crippen LogP) is 4.59. The Morgan fingerprint density at radius 1 is 0.933 bits per heavy atom. The highest BCUT2D eigenvalue weighted by Gasteiger charge is 2.33. The van der Waals surface area contributed by atoms with E-state index in [0.29, 0.717) is 16.6 Å². The van der Waals surface area contributed by atoms with Gasteiger partial charge in [-0.2, -0.15) is 10.4 Å². The molecule has 142 valence electrons. The van der Waals surface area contributed by atoms with E-state index < -0.39 is 0 Å². The molecule has 5 aromatic rings. The zero-order chi connectivity index (χ0) is 20.1. The van der Waals surface area contributed by atoms with Crippen molar-refractivity contribution >= 4 is 33.3 Å². The van der Waals surface area contributed by atoms with Crippen molar-refractivity contribution in [2.45, 2.75) is 5.92 Å². The van der Waals surface area contributed by atoms with Gasteiger partial charge in [0.15, 0.2) is 0 Å². The van der Waals surface area contributed by atoms with Crippen LogP contribution in [0, 0.1) is 11.3 Å². The number of fused-ring (bicyclic) bond motifs is 3. The second-order valence-corrected chi connectivity index (χ2v) is 7.20. The van der Waals surface area contributed by atoms with Crippen molar-refractivity contribution in [3.8, 4) is 6.07 Å². The van der Waals surface area contributed by atoms with Crippen LogP contribution in [0.15, 0.2) is 77.1 Å². The standard InChI is InChI=1S/C23H14N6O/c24-11-17-20(16-6-3-7-19-22(16)29-30-28-19)18-12-25-27-23(18)26-21(17)15-9-8-13-4-1-2-5-14(13)10-15/h1-10,12,20H,(H2,25,26,27). The number of allylic oxidation sites excluding steroid dienone is 1. The van der Waals surface area contributed by atoms with E-state index in [4.69, 9.17) is 4.63 Å². The first-order chi connectivity index (χ1) is 14.8. The smallest absolute Gasteiger partial charge is 0.139 e. The first-order valence-corrected chi connectivity index (χ1v) is 9.48. The molecule has 1 atom stereocenters. The molecule has 30 heavy (non-hydrogen) atoms. The molecule has 0 amide bonds. The van der Waals surface area contributed by atoms with Gasteiger partial charge in [0.1, 0.15) is 16.9 Å². The minimum absolute atomic E-state index is 0.345. The summed E-state index contributed by atoms with van der Waals surface area (Å²) in [6, 6.07) is 22.5. The van der Waals surface area contributed by atoms with E-state index >= 15 is 0 Å². The van der Waals surface area contributed by atoms with Gasteiger partial charge in [-0.15, -0.1) is 0 Å². The van der Waals surface area contributed by atoms with Crippen molar-refractivity contribution in [1.82, 2.24) is 20.5 Å².